The summed E-state index contributed by atoms with van der Waals surface area (Å²) in [5, 5.41) is 5.79. The van der Waals surface area contributed by atoms with Gasteiger partial charge in [-0.1, -0.05) is 0 Å². The van der Waals surface area contributed by atoms with E-state index in [0.29, 0.717) is 13.1 Å². The largest absolute Gasteiger partial charge is 0.497 e. The van der Waals surface area contributed by atoms with Gasteiger partial charge in [0.1, 0.15) is 5.75 Å². The second-order valence-electron chi connectivity index (χ2n) is 6.11. The summed E-state index contributed by atoms with van der Waals surface area (Å²) in [6.07, 6.45) is 1.64. The van der Waals surface area contributed by atoms with Crippen molar-refractivity contribution in [1.82, 2.24) is 10.2 Å². The molecule has 0 spiro atoms. The highest BCUT2D eigenvalue weighted by Gasteiger charge is 2.28. The molecule has 0 unspecified atom stereocenters. The Labute approximate surface area is 137 Å². The highest BCUT2D eigenvalue weighted by atomic mass is 16.5. The van der Waals surface area contributed by atoms with Gasteiger partial charge in [-0.2, -0.15) is 0 Å². The first-order valence-electron chi connectivity index (χ1n) is 8.00. The van der Waals surface area contributed by atoms with Gasteiger partial charge in [-0.15, -0.1) is 0 Å². The van der Waals surface area contributed by atoms with Crippen molar-refractivity contribution in [3.63, 3.8) is 0 Å². The molecule has 1 aliphatic heterocycles. The number of carbonyl (C=O) groups excluding carboxylic acids is 2. The number of methoxy groups -OCH3 is 1. The van der Waals surface area contributed by atoms with E-state index in [1.165, 1.54) is 0 Å². The first-order chi connectivity index (χ1) is 11.0. The lowest BCUT2D eigenvalue weighted by molar-refractivity contribution is -0.121. The van der Waals surface area contributed by atoms with Crippen LogP contribution in [0.1, 0.15) is 26.7 Å². The van der Waals surface area contributed by atoms with Gasteiger partial charge < -0.3 is 20.3 Å². The van der Waals surface area contributed by atoms with E-state index in [1.54, 1.807) is 24.1 Å². The number of ether oxygens (including phenoxy) is 1. The van der Waals surface area contributed by atoms with Gasteiger partial charge in [-0.05, 0) is 51.0 Å². The first kappa shape index (κ1) is 17.1. The standard InChI is InChI=1S/C17H25N3O3/c1-12(2)18-17(22)20-10-4-5-13(11-20)16(21)19-14-6-8-15(23-3)9-7-14/h6-9,12-13H,4-5,10-11H2,1-3H3,(H,18,22)(H,19,21)/t13-/m0/s1. The van der Waals surface area contributed by atoms with Crippen LogP contribution in [-0.4, -0.2) is 43.1 Å². The molecular weight excluding hydrogens is 294 g/mol. The molecule has 1 heterocycles. The van der Waals surface area contributed by atoms with Crippen LogP contribution in [0.4, 0.5) is 10.5 Å². The Hall–Kier alpha value is -2.24. The van der Waals surface area contributed by atoms with Gasteiger partial charge in [0, 0.05) is 24.8 Å². The first-order valence-corrected chi connectivity index (χ1v) is 8.00. The number of likely N-dealkylation sites (tertiary alicyclic amines) is 1. The molecular formula is C17H25N3O3. The lowest BCUT2D eigenvalue weighted by Crippen LogP contribution is -2.49. The van der Waals surface area contributed by atoms with E-state index in [1.807, 2.05) is 26.0 Å². The van der Waals surface area contributed by atoms with Crippen LogP contribution in [0, 0.1) is 5.92 Å². The third-order valence-corrected chi connectivity index (χ3v) is 3.85. The molecule has 2 N–H and O–H groups in total. The van der Waals surface area contributed by atoms with Crippen molar-refractivity contribution in [2.45, 2.75) is 32.7 Å². The van der Waals surface area contributed by atoms with Crippen LogP contribution >= 0.6 is 0 Å². The van der Waals surface area contributed by atoms with Crippen molar-refractivity contribution in [3.05, 3.63) is 24.3 Å². The van der Waals surface area contributed by atoms with Gasteiger partial charge in [-0.3, -0.25) is 4.79 Å². The lowest BCUT2D eigenvalue weighted by Gasteiger charge is -2.32. The number of nitrogens with zero attached hydrogens (tertiary/aromatic N) is 1. The van der Waals surface area contributed by atoms with Gasteiger partial charge in [-0.25, -0.2) is 4.79 Å². The minimum Gasteiger partial charge on any atom is -0.497 e. The molecule has 1 fully saturated rings. The summed E-state index contributed by atoms with van der Waals surface area (Å²) in [6, 6.07) is 7.22. The molecule has 0 aliphatic carbocycles. The Balaban J connectivity index is 1.92. The molecule has 6 nitrogen and oxygen atoms in total. The van der Waals surface area contributed by atoms with Crippen molar-refractivity contribution < 1.29 is 14.3 Å². The number of hydrogen-bond acceptors (Lipinski definition) is 3. The van der Waals surface area contributed by atoms with Crippen molar-refractivity contribution in [3.8, 4) is 5.75 Å². The Morgan fingerprint density at radius 1 is 1.26 bits per heavy atom. The topological polar surface area (TPSA) is 70.7 Å². The molecule has 0 bridgehead atoms. The zero-order chi connectivity index (χ0) is 16.8. The summed E-state index contributed by atoms with van der Waals surface area (Å²) >= 11 is 0. The van der Waals surface area contributed by atoms with Gasteiger partial charge in [0.2, 0.25) is 5.91 Å². The predicted molar refractivity (Wildman–Crippen MR) is 89.6 cm³/mol. The Kier molecular flexibility index (Phi) is 5.84. The van der Waals surface area contributed by atoms with Crippen molar-refractivity contribution in [1.29, 1.82) is 0 Å². The van der Waals surface area contributed by atoms with Crippen LogP contribution in [0.5, 0.6) is 5.75 Å². The number of urea groups is 1. The molecule has 0 saturated carbocycles. The third-order valence-electron chi connectivity index (χ3n) is 3.85. The third kappa shape index (κ3) is 4.87. The number of piperidine rings is 1. The van der Waals surface area contributed by atoms with Crippen LogP contribution < -0.4 is 15.4 Å². The molecule has 1 saturated heterocycles. The molecule has 1 atom stereocenters. The van der Waals surface area contributed by atoms with E-state index in [-0.39, 0.29) is 23.9 Å². The second kappa shape index (κ2) is 7.85. The minimum atomic E-state index is -0.177. The summed E-state index contributed by atoms with van der Waals surface area (Å²) in [5.74, 6) is 0.526. The summed E-state index contributed by atoms with van der Waals surface area (Å²) in [5.41, 5.74) is 0.736. The van der Waals surface area contributed by atoms with E-state index in [4.69, 9.17) is 4.74 Å². The smallest absolute Gasteiger partial charge is 0.317 e. The van der Waals surface area contributed by atoms with E-state index in [2.05, 4.69) is 10.6 Å². The normalized spacial score (nSPS) is 17.7. The van der Waals surface area contributed by atoms with Gasteiger partial charge in [0.25, 0.3) is 0 Å². The van der Waals surface area contributed by atoms with Gasteiger partial charge in [0.15, 0.2) is 0 Å². The average molecular weight is 319 g/mol. The molecule has 3 amide bonds. The van der Waals surface area contributed by atoms with E-state index in [0.717, 1.165) is 24.3 Å². The second-order valence-corrected chi connectivity index (χ2v) is 6.11. The Morgan fingerprint density at radius 3 is 2.57 bits per heavy atom. The molecule has 1 aromatic carbocycles. The van der Waals surface area contributed by atoms with E-state index >= 15 is 0 Å². The van der Waals surface area contributed by atoms with Crippen LogP contribution in [0.25, 0.3) is 0 Å². The number of amides is 3. The summed E-state index contributed by atoms with van der Waals surface area (Å²) in [4.78, 5) is 26.2. The van der Waals surface area contributed by atoms with Crippen LogP contribution in [-0.2, 0) is 4.79 Å². The van der Waals surface area contributed by atoms with Crippen molar-refractivity contribution in [2.75, 3.05) is 25.5 Å². The number of anilines is 1. The fourth-order valence-corrected chi connectivity index (χ4v) is 2.63. The minimum absolute atomic E-state index is 0.0442. The van der Waals surface area contributed by atoms with Gasteiger partial charge in [0.05, 0.1) is 13.0 Å². The average Bonchev–Trinajstić information content (AvgIpc) is 2.55. The molecule has 0 aromatic heterocycles. The molecule has 6 heteroatoms. The molecule has 2 rings (SSSR count). The highest BCUT2D eigenvalue weighted by molar-refractivity contribution is 5.93. The summed E-state index contributed by atoms with van der Waals surface area (Å²) in [6.45, 7) is 5.01. The maximum atomic E-state index is 12.4. The molecule has 0 radical (unpaired) electrons. The number of carbonyl (C=O) groups is 2. The molecule has 1 aromatic rings. The summed E-state index contributed by atoms with van der Waals surface area (Å²) in [7, 11) is 1.60. The summed E-state index contributed by atoms with van der Waals surface area (Å²) < 4.78 is 5.10. The molecule has 23 heavy (non-hydrogen) atoms. The SMILES string of the molecule is COc1ccc(NC(=O)[C@H]2CCCN(C(=O)NC(C)C)C2)cc1. The molecule has 126 valence electrons. The zero-order valence-corrected chi connectivity index (χ0v) is 14.0. The van der Waals surface area contributed by atoms with Crippen LogP contribution in [0.2, 0.25) is 0 Å². The van der Waals surface area contributed by atoms with Crippen molar-refractivity contribution in [2.24, 2.45) is 5.92 Å². The number of benzene rings is 1. The fourth-order valence-electron chi connectivity index (χ4n) is 2.63. The Bertz CT molecular complexity index is 543. The number of nitrogens with one attached hydrogen (secondary N) is 2. The maximum Gasteiger partial charge on any atom is 0.317 e. The van der Waals surface area contributed by atoms with Gasteiger partial charge >= 0.3 is 6.03 Å². The maximum absolute atomic E-state index is 12.4. The number of rotatable bonds is 4. The number of hydrogen-bond donors (Lipinski definition) is 2. The Morgan fingerprint density at radius 2 is 1.96 bits per heavy atom. The molecule has 1 aliphatic rings. The quantitative estimate of drug-likeness (QED) is 0.895. The van der Waals surface area contributed by atoms with Crippen LogP contribution in [0.3, 0.4) is 0 Å². The van der Waals surface area contributed by atoms with E-state index < -0.39 is 0 Å². The zero-order valence-electron chi connectivity index (χ0n) is 14.0. The monoisotopic (exact) mass is 319 g/mol. The highest BCUT2D eigenvalue weighted by Crippen LogP contribution is 2.20. The lowest BCUT2D eigenvalue weighted by atomic mass is 9.97. The van der Waals surface area contributed by atoms with Crippen LogP contribution in [0.15, 0.2) is 24.3 Å². The predicted octanol–water partition coefficient (Wildman–Crippen LogP) is 2.46. The van der Waals surface area contributed by atoms with E-state index in [9.17, 15) is 9.59 Å². The van der Waals surface area contributed by atoms with Crippen molar-refractivity contribution >= 4 is 17.6 Å². The fraction of sp³-hybridized carbons (Fsp3) is 0.529.